The zero-order chi connectivity index (χ0) is 16.9. The van der Waals surface area contributed by atoms with Crippen molar-refractivity contribution in [3.05, 3.63) is 36.2 Å². The van der Waals surface area contributed by atoms with Gasteiger partial charge >= 0.3 is 0 Å². The van der Waals surface area contributed by atoms with Crippen LogP contribution in [0.2, 0.25) is 0 Å². The molecule has 1 fully saturated rings. The minimum absolute atomic E-state index is 0.141. The van der Waals surface area contributed by atoms with E-state index in [9.17, 15) is 9.90 Å². The summed E-state index contributed by atoms with van der Waals surface area (Å²) in [4.78, 5) is 16.5. The molecule has 0 bridgehead atoms. The van der Waals surface area contributed by atoms with Crippen molar-refractivity contribution in [2.75, 3.05) is 32.7 Å². The maximum atomic E-state index is 12.4. The van der Waals surface area contributed by atoms with E-state index in [1.165, 1.54) is 6.33 Å². The van der Waals surface area contributed by atoms with Gasteiger partial charge in [-0.25, -0.2) is 4.68 Å². The van der Waals surface area contributed by atoms with Gasteiger partial charge < -0.3 is 10.0 Å². The van der Waals surface area contributed by atoms with Crippen LogP contribution < -0.4 is 0 Å². The first-order valence-corrected chi connectivity index (χ1v) is 8.12. The number of benzene rings is 1. The molecule has 8 nitrogen and oxygen atoms in total. The van der Waals surface area contributed by atoms with Gasteiger partial charge in [0.25, 0.3) is 0 Å². The molecule has 1 aromatic heterocycles. The molecule has 3 rings (SSSR count). The second kappa shape index (κ2) is 7.50. The SMILES string of the molecule is C[C@H](O)CN1CCN(C(=O)Cc2ccc(-n3cnnn3)cc2)CC1. The Kier molecular flexibility index (Phi) is 5.17. The van der Waals surface area contributed by atoms with Crippen LogP contribution in [0.5, 0.6) is 0 Å². The monoisotopic (exact) mass is 330 g/mol. The number of aliphatic hydroxyl groups is 1. The summed E-state index contributed by atoms with van der Waals surface area (Å²) in [5, 5.41) is 20.5. The number of aliphatic hydroxyl groups excluding tert-OH is 1. The van der Waals surface area contributed by atoms with Crippen LogP contribution in [-0.2, 0) is 11.2 Å². The van der Waals surface area contributed by atoms with Crippen LogP contribution >= 0.6 is 0 Å². The standard InChI is InChI=1S/C16H22N6O2/c1-13(23)11-20-6-8-21(9-7-20)16(24)10-14-2-4-15(5-3-14)22-12-17-18-19-22/h2-5,12-13,23H,6-11H2,1H3/t13-/m0/s1. The summed E-state index contributed by atoms with van der Waals surface area (Å²) in [7, 11) is 0. The molecule has 0 unspecified atom stereocenters. The molecular weight excluding hydrogens is 308 g/mol. The number of aromatic nitrogens is 4. The number of amides is 1. The molecule has 1 aliphatic heterocycles. The smallest absolute Gasteiger partial charge is 0.227 e. The number of rotatable bonds is 5. The largest absolute Gasteiger partial charge is 0.392 e. The quantitative estimate of drug-likeness (QED) is 0.812. The predicted molar refractivity (Wildman–Crippen MR) is 87.6 cm³/mol. The van der Waals surface area contributed by atoms with Crippen LogP contribution in [0.3, 0.4) is 0 Å². The van der Waals surface area contributed by atoms with Gasteiger partial charge in [0, 0.05) is 32.7 Å². The van der Waals surface area contributed by atoms with Crippen LogP contribution in [0.1, 0.15) is 12.5 Å². The second-order valence-electron chi connectivity index (χ2n) is 6.13. The van der Waals surface area contributed by atoms with E-state index in [0.717, 1.165) is 24.3 Å². The van der Waals surface area contributed by atoms with Crippen molar-refractivity contribution >= 4 is 5.91 Å². The number of β-amino-alcohol motifs (C(OH)–C–C–N with tert-alkyl or cyclic N) is 1. The molecule has 1 N–H and O–H groups in total. The first-order chi connectivity index (χ1) is 11.6. The van der Waals surface area contributed by atoms with E-state index < -0.39 is 0 Å². The van der Waals surface area contributed by atoms with Gasteiger partial charge in [0.15, 0.2) is 0 Å². The first kappa shape index (κ1) is 16.5. The van der Waals surface area contributed by atoms with E-state index in [4.69, 9.17) is 0 Å². The average molecular weight is 330 g/mol. The molecule has 1 aliphatic rings. The van der Waals surface area contributed by atoms with Gasteiger partial charge in [-0.05, 0) is 35.0 Å². The van der Waals surface area contributed by atoms with Crippen LogP contribution in [0.4, 0.5) is 0 Å². The van der Waals surface area contributed by atoms with E-state index in [2.05, 4.69) is 20.4 Å². The molecule has 1 amide bonds. The number of carbonyl (C=O) groups excluding carboxylic acids is 1. The Morgan fingerprint density at radius 2 is 1.92 bits per heavy atom. The summed E-state index contributed by atoms with van der Waals surface area (Å²) in [6, 6.07) is 7.66. The van der Waals surface area contributed by atoms with Crippen molar-refractivity contribution in [3.8, 4) is 5.69 Å². The predicted octanol–water partition coefficient (Wildman–Crippen LogP) is -0.270. The average Bonchev–Trinajstić information content (AvgIpc) is 3.10. The summed E-state index contributed by atoms with van der Waals surface area (Å²) in [6.45, 7) is 5.52. The van der Waals surface area contributed by atoms with Crippen LogP contribution in [0, 0.1) is 0 Å². The lowest BCUT2D eigenvalue weighted by molar-refractivity contribution is -0.132. The molecule has 0 aliphatic carbocycles. The topological polar surface area (TPSA) is 87.4 Å². The third-order valence-electron chi connectivity index (χ3n) is 4.15. The number of tetrazole rings is 1. The Morgan fingerprint density at radius 1 is 1.21 bits per heavy atom. The van der Waals surface area contributed by atoms with Crippen LogP contribution in [-0.4, -0.2) is 79.8 Å². The Balaban J connectivity index is 1.52. The lowest BCUT2D eigenvalue weighted by Crippen LogP contribution is -2.50. The fraction of sp³-hybridized carbons (Fsp3) is 0.500. The molecule has 1 atom stereocenters. The normalized spacial score (nSPS) is 17.0. The fourth-order valence-corrected chi connectivity index (χ4v) is 2.89. The van der Waals surface area contributed by atoms with Gasteiger partial charge in [-0.1, -0.05) is 12.1 Å². The second-order valence-corrected chi connectivity index (χ2v) is 6.13. The third-order valence-corrected chi connectivity index (χ3v) is 4.15. The Morgan fingerprint density at radius 3 is 2.50 bits per heavy atom. The fourth-order valence-electron chi connectivity index (χ4n) is 2.89. The zero-order valence-corrected chi connectivity index (χ0v) is 13.7. The highest BCUT2D eigenvalue weighted by Crippen LogP contribution is 2.11. The molecule has 0 radical (unpaired) electrons. The highest BCUT2D eigenvalue weighted by atomic mass is 16.3. The van der Waals surface area contributed by atoms with E-state index in [1.807, 2.05) is 29.2 Å². The number of hydrogen-bond donors (Lipinski definition) is 1. The lowest BCUT2D eigenvalue weighted by atomic mass is 10.1. The van der Waals surface area contributed by atoms with Crippen molar-refractivity contribution in [1.82, 2.24) is 30.0 Å². The summed E-state index contributed by atoms with van der Waals surface area (Å²) in [5.41, 5.74) is 1.84. The molecular formula is C16H22N6O2. The zero-order valence-electron chi connectivity index (χ0n) is 13.7. The molecule has 2 aromatic rings. The molecule has 1 aromatic carbocycles. The molecule has 24 heavy (non-hydrogen) atoms. The molecule has 8 heteroatoms. The number of nitrogens with zero attached hydrogens (tertiary/aromatic N) is 6. The van der Waals surface area contributed by atoms with Gasteiger partial charge in [-0.3, -0.25) is 9.69 Å². The summed E-state index contributed by atoms with van der Waals surface area (Å²) in [6.07, 6.45) is 1.60. The van der Waals surface area contributed by atoms with Crippen LogP contribution in [0.25, 0.3) is 5.69 Å². The van der Waals surface area contributed by atoms with Gasteiger partial charge in [-0.15, -0.1) is 5.10 Å². The van der Waals surface area contributed by atoms with E-state index in [0.29, 0.717) is 26.1 Å². The van der Waals surface area contributed by atoms with Gasteiger partial charge in [0.05, 0.1) is 18.2 Å². The van der Waals surface area contributed by atoms with E-state index in [1.54, 1.807) is 11.6 Å². The van der Waals surface area contributed by atoms with Gasteiger partial charge in [0.1, 0.15) is 6.33 Å². The maximum Gasteiger partial charge on any atom is 0.227 e. The number of carbonyl (C=O) groups is 1. The maximum absolute atomic E-state index is 12.4. The van der Waals surface area contributed by atoms with Gasteiger partial charge in [-0.2, -0.15) is 0 Å². The molecule has 2 heterocycles. The first-order valence-electron chi connectivity index (χ1n) is 8.12. The van der Waals surface area contributed by atoms with Crippen molar-refractivity contribution in [2.45, 2.75) is 19.4 Å². The summed E-state index contributed by atoms with van der Waals surface area (Å²) >= 11 is 0. The minimum atomic E-state index is -0.328. The van der Waals surface area contributed by atoms with Crippen molar-refractivity contribution in [1.29, 1.82) is 0 Å². The molecule has 128 valence electrons. The Hall–Kier alpha value is -2.32. The van der Waals surface area contributed by atoms with Crippen molar-refractivity contribution < 1.29 is 9.90 Å². The lowest BCUT2D eigenvalue weighted by Gasteiger charge is -2.35. The summed E-state index contributed by atoms with van der Waals surface area (Å²) in [5.74, 6) is 0.141. The Bertz CT molecular complexity index is 648. The number of piperazine rings is 1. The highest BCUT2D eigenvalue weighted by Gasteiger charge is 2.21. The molecule has 1 saturated heterocycles. The van der Waals surface area contributed by atoms with Gasteiger partial charge in [0.2, 0.25) is 5.91 Å². The van der Waals surface area contributed by atoms with E-state index >= 15 is 0 Å². The molecule has 0 spiro atoms. The summed E-state index contributed by atoms with van der Waals surface area (Å²) < 4.78 is 1.58. The van der Waals surface area contributed by atoms with Crippen molar-refractivity contribution in [3.63, 3.8) is 0 Å². The van der Waals surface area contributed by atoms with E-state index in [-0.39, 0.29) is 12.0 Å². The third kappa shape index (κ3) is 4.15. The minimum Gasteiger partial charge on any atom is -0.392 e. The molecule has 0 saturated carbocycles. The highest BCUT2D eigenvalue weighted by molar-refractivity contribution is 5.79. The van der Waals surface area contributed by atoms with Crippen LogP contribution in [0.15, 0.2) is 30.6 Å². The Labute approximate surface area is 140 Å². The van der Waals surface area contributed by atoms with Crippen molar-refractivity contribution in [2.24, 2.45) is 0 Å². The number of hydrogen-bond acceptors (Lipinski definition) is 6.